The molecular weight excluding hydrogens is 507 g/mol. The van der Waals surface area contributed by atoms with Crippen LogP contribution in [0.1, 0.15) is 49.8 Å². The molecule has 2 aromatic rings. The number of unbranched alkanes of at least 4 members (excludes halogenated alkanes) is 1. The number of hydrogen-bond acceptors (Lipinski definition) is 4. The Balaban J connectivity index is 2.46. The predicted octanol–water partition coefficient (Wildman–Crippen LogP) is 4.50. The summed E-state index contributed by atoms with van der Waals surface area (Å²) in [5.41, 5.74) is 0.344. The van der Waals surface area contributed by atoms with Gasteiger partial charge in [0.25, 0.3) is 0 Å². The van der Waals surface area contributed by atoms with E-state index in [1.807, 2.05) is 26.0 Å². The third-order valence-electron chi connectivity index (χ3n) is 5.79. The fourth-order valence-corrected chi connectivity index (χ4v) is 4.73. The first-order valence-corrected chi connectivity index (χ1v) is 13.9. The maximum atomic E-state index is 13.6. The molecule has 1 N–H and O–H groups in total. The summed E-state index contributed by atoms with van der Waals surface area (Å²) in [6.07, 6.45) is -1.99. The van der Waals surface area contributed by atoms with Gasteiger partial charge in [0.1, 0.15) is 12.6 Å². The van der Waals surface area contributed by atoms with Crippen molar-refractivity contribution in [3.05, 3.63) is 65.2 Å². The average molecular weight is 542 g/mol. The van der Waals surface area contributed by atoms with Crippen molar-refractivity contribution in [2.45, 2.75) is 58.8 Å². The van der Waals surface area contributed by atoms with Crippen LogP contribution in [0.25, 0.3) is 0 Å². The molecule has 7 nitrogen and oxygen atoms in total. The number of alkyl halides is 3. The zero-order chi connectivity index (χ0) is 27.8. The second kappa shape index (κ2) is 12.9. The van der Waals surface area contributed by atoms with Gasteiger partial charge < -0.3 is 10.2 Å². The van der Waals surface area contributed by atoms with Gasteiger partial charge in [-0.3, -0.25) is 13.9 Å². The Kier molecular flexibility index (Phi) is 10.5. The number of carbonyl (C=O) groups excluding carboxylic acids is 2. The summed E-state index contributed by atoms with van der Waals surface area (Å²) in [4.78, 5) is 27.9. The van der Waals surface area contributed by atoms with Gasteiger partial charge in [-0.2, -0.15) is 13.2 Å². The summed E-state index contributed by atoms with van der Waals surface area (Å²) in [6, 6.07) is 10.2. The van der Waals surface area contributed by atoms with Crippen molar-refractivity contribution in [3.63, 3.8) is 0 Å². The Morgan fingerprint density at radius 2 is 1.73 bits per heavy atom. The maximum Gasteiger partial charge on any atom is 0.416 e. The number of halogens is 3. The van der Waals surface area contributed by atoms with Crippen molar-refractivity contribution in [1.82, 2.24) is 10.2 Å². The third-order valence-corrected chi connectivity index (χ3v) is 6.93. The second-order valence-electron chi connectivity index (χ2n) is 8.90. The van der Waals surface area contributed by atoms with Gasteiger partial charge in [0, 0.05) is 13.1 Å². The smallest absolute Gasteiger partial charge is 0.354 e. The Morgan fingerprint density at radius 1 is 1.05 bits per heavy atom. The van der Waals surface area contributed by atoms with Crippen LogP contribution in [0.15, 0.2) is 48.5 Å². The lowest BCUT2D eigenvalue weighted by Crippen LogP contribution is -2.52. The van der Waals surface area contributed by atoms with Gasteiger partial charge in [0.2, 0.25) is 21.8 Å². The summed E-state index contributed by atoms with van der Waals surface area (Å²) >= 11 is 0. The molecule has 204 valence electrons. The van der Waals surface area contributed by atoms with Crippen LogP contribution in [0, 0.1) is 6.92 Å². The van der Waals surface area contributed by atoms with Crippen molar-refractivity contribution in [1.29, 1.82) is 0 Å². The van der Waals surface area contributed by atoms with Crippen LogP contribution in [-0.2, 0) is 32.3 Å². The van der Waals surface area contributed by atoms with E-state index in [2.05, 4.69) is 5.32 Å². The Hall–Kier alpha value is -3.08. The molecule has 0 aliphatic heterocycles. The normalized spacial score (nSPS) is 12.6. The zero-order valence-electron chi connectivity index (χ0n) is 21.5. The number of benzene rings is 2. The maximum absolute atomic E-state index is 13.6. The molecule has 0 aliphatic rings. The molecule has 0 aromatic heterocycles. The van der Waals surface area contributed by atoms with E-state index < -0.39 is 40.3 Å². The summed E-state index contributed by atoms with van der Waals surface area (Å²) in [5, 5.41) is 2.82. The first-order valence-electron chi connectivity index (χ1n) is 12.1. The van der Waals surface area contributed by atoms with Crippen LogP contribution in [0.4, 0.5) is 18.9 Å². The molecular formula is C26H34F3N3O4S. The van der Waals surface area contributed by atoms with Gasteiger partial charge in [0.05, 0.1) is 17.5 Å². The largest absolute Gasteiger partial charge is 0.416 e. The molecule has 0 fully saturated rings. The number of rotatable bonds is 12. The van der Waals surface area contributed by atoms with Crippen molar-refractivity contribution >= 4 is 27.5 Å². The van der Waals surface area contributed by atoms with Crippen LogP contribution in [0.5, 0.6) is 0 Å². The minimum atomic E-state index is -4.69. The van der Waals surface area contributed by atoms with E-state index >= 15 is 0 Å². The number of nitrogens with one attached hydrogen (secondary N) is 1. The molecule has 0 unspecified atom stereocenters. The molecule has 1 atom stereocenters. The van der Waals surface area contributed by atoms with Gasteiger partial charge in [-0.15, -0.1) is 0 Å². The summed E-state index contributed by atoms with van der Waals surface area (Å²) in [7, 11) is -4.14. The molecule has 0 saturated heterocycles. The molecule has 0 bridgehead atoms. The van der Waals surface area contributed by atoms with Gasteiger partial charge in [-0.1, -0.05) is 56.2 Å². The van der Waals surface area contributed by atoms with Gasteiger partial charge in [0.15, 0.2) is 0 Å². The summed E-state index contributed by atoms with van der Waals surface area (Å²) in [5.74, 6) is -1.08. The number of anilines is 1. The molecule has 2 aromatic carbocycles. The van der Waals surface area contributed by atoms with Crippen molar-refractivity contribution in [2.75, 3.05) is 23.7 Å². The Labute approximate surface area is 216 Å². The lowest BCUT2D eigenvalue weighted by molar-refractivity contribution is -0.140. The molecule has 0 radical (unpaired) electrons. The van der Waals surface area contributed by atoms with E-state index in [0.717, 1.165) is 42.4 Å². The van der Waals surface area contributed by atoms with Gasteiger partial charge >= 0.3 is 6.18 Å². The van der Waals surface area contributed by atoms with E-state index in [0.29, 0.717) is 16.9 Å². The number of sulfonamides is 1. The van der Waals surface area contributed by atoms with Gasteiger partial charge in [-0.05, 0) is 43.5 Å². The molecule has 0 heterocycles. The fourth-order valence-electron chi connectivity index (χ4n) is 3.88. The van der Waals surface area contributed by atoms with Crippen LogP contribution < -0.4 is 9.62 Å². The highest BCUT2D eigenvalue weighted by Gasteiger charge is 2.34. The highest BCUT2D eigenvalue weighted by Crippen LogP contribution is 2.32. The molecule has 0 aliphatic carbocycles. The molecule has 2 rings (SSSR count). The first kappa shape index (κ1) is 30.1. The van der Waals surface area contributed by atoms with Crippen molar-refractivity contribution < 1.29 is 31.2 Å². The van der Waals surface area contributed by atoms with E-state index in [1.54, 1.807) is 19.1 Å². The number of aryl methyl sites for hydroxylation is 1. The minimum Gasteiger partial charge on any atom is -0.354 e. The summed E-state index contributed by atoms with van der Waals surface area (Å²) in [6.45, 7) is 5.29. The van der Waals surface area contributed by atoms with Crippen LogP contribution in [0.3, 0.4) is 0 Å². The quantitative estimate of drug-likeness (QED) is 0.401. The second-order valence-corrected chi connectivity index (χ2v) is 10.8. The highest BCUT2D eigenvalue weighted by molar-refractivity contribution is 7.92. The fraction of sp³-hybridized carbons (Fsp3) is 0.462. The average Bonchev–Trinajstić information content (AvgIpc) is 2.81. The molecule has 2 amide bonds. The van der Waals surface area contributed by atoms with Gasteiger partial charge in [-0.25, -0.2) is 8.42 Å². The van der Waals surface area contributed by atoms with E-state index in [9.17, 15) is 31.2 Å². The van der Waals surface area contributed by atoms with Crippen LogP contribution in [-0.4, -0.2) is 50.5 Å². The van der Waals surface area contributed by atoms with Crippen molar-refractivity contribution in [2.24, 2.45) is 0 Å². The standard InChI is InChI=1S/C26H34F3N3O4S/c1-5-7-14-30-25(34)23(6-2)31(17-20-11-8-10-19(3)15-20)24(33)18-32(37(4,35)36)22-13-9-12-21(16-22)26(27,28)29/h8-13,15-16,23H,5-7,14,17-18H2,1-4H3,(H,30,34)/t23-/m1/s1. The van der Waals surface area contributed by atoms with E-state index in [4.69, 9.17) is 0 Å². The predicted molar refractivity (Wildman–Crippen MR) is 137 cm³/mol. The van der Waals surface area contributed by atoms with Crippen LogP contribution in [0.2, 0.25) is 0 Å². The minimum absolute atomic E-state index is 0.0282. The lowest BCUT2D eigenvalue weighted by atomic mass is 10.1. The number of nitrogens with zero attached hydrogens (tertiary/aromatic N) is 2. The Bertz CT molecular complexity index is 1190. The van der Waals surface area contributed by atoms with E-state index in [1.165, 1.54) is 11.0 Å². The van der Waals surface area contributed by atoms with E-state index in [-0.39, 0.29) is 24.6 Å². The monoisotopic (exact) mass is 541 g/mol. The van der Waals surface area contributed by atoms with Crippen molar-refractivity contribution in [3.8, 4) is 0 Å². The van der Waals surface area contributed by atoms with Crippen LogP contribution >= 0.6 is 0 Å². The summed E-state index contributed by atoms with van der Waals surface area (Å²) < 4.78 is 65.6. The number of carbonyl (C=O) groups is 2. The molecule has 0 spiro atoms. The Morgan fingerprint density at radius 3 is 2.30 bits per heavy atom. The first-order chi connectivity index (χ1) is 17.3. The SMILES string of the molecule is CCCCNC(=O)[C@@H](CC)N(Cc1cccc(C)c1)C(=O)CN(c1cccc(C(F)(F)F)c1)S(C)(=O)=O. The highest BCUT2D eigenvalue weighted by atomic mass is 32.2. The molecule has 11 heteroatoms. The molecule has 37 heavy (non-hydrogen) atoms. The number of amides is 2. The lowest BCUT2D eigenvalue weighted by Gasteiger charge is -2.33. The molecule has 0 saturated carbocycles. The number of hydrogen-bond donors (Lipinski definition) is 1. The topological polar surface area (TPSA) is 86.8 Å². The zero-order valence-corrected chi connectivity index (χ0v) is 22.3. The third kappa shape index (κ3) is 8.77.